The largest absolute Gasteiger partial charge is 0.507 e. The molecule has 4 heteroatoms. The molecule has 0 aromatic heterocycles. The molecule has 2 atom stereocenters. The minimum Gasteiger partial charge on any atom is -0.507 e. The zero-order valence-electron chi connectivity index (χ0n) is 15.7. The van der Waals surface area contributed by atoms with Gasteiger partial charge in [-0.1, -0.05) is 12.1 Å². The zero-order valence-corrected chi connectivity index (χ0v) is 18.7. The number of carbonyl (C=O) groups is 1. The van der Waals surface area contributed by atoms with E-state index in [-0.39, 0.29) is 11.3 Å². The molecule has 27 heavy (non-hydrogen) atoms. The molecule has 0 aliphatic carbocycles. The summed E-state index contributed by atoms with van der Waals surface area (Å²) in [6.07, 6.45) is 0. The number of hydrogen-bond donors (Lipinski definition) is 2. The van der Waals surface area contributed by atoms with Crippen molar-refractivity contribution in [2.75, 3.05) is 0 Å². The monoisotopic (exact) mass is 412 g/mol. The summed E-state index contributed by atoms with van der Waals surface area (Å²) < 4.78 is 1.61. The fourth-order valence-electron chi connectivity index (χ4n) is 3.02. The van der Waals surface area contributed by atoms with E-state index in [1.54, 1.807) is 12.1 Å². The Balaban J connectivity index is 0.000000223. The second-order valence-electron chi connectivity index (χ2n) is 6.68. The molecule has 136 valence electrons. The van der Waals surface area contributed by atoms with E-state index in [4.69, 9.17) is 10.2 Å². The summed E-state index contributed by atoms with van der Waals surface area (Å²) in [4.78, 5) is 10.3. The molecule has 0 radical (unpaired) electrons. The van der Waals surface area contributed by atoms with E-state index in [0.29, 0.717) is 0 Å². The van der Waals surface area contributed by atoms with E-state index in [2.05, 4.69) is 74.5 Å². The van der Waals surface area contributed by atoms with E-state index in [1.165, 1.54) is 23.3 Å². The van der Waals surface area contributed by atoms with Gasteiger partial charge in [-0.05, 0) is 12.1 Å². The number of aromatic hydroxyl groups is 1. The van der Waals surface area contributed by atoms with Crippen LogP contribution in [0.2, 0.25) is 0 Å². The van der Waals surface area contributed by atoms with Gasteiger partial charge in [-0.25, -0.2) is 4.79 Å². The Hall–Kier alpha value is -2.45. The normalized spacial score (nSPS) is 12.1. The molecule has 2 N–H and O–H groups in total. The Bertz CT molecular complexity index is 791. The van der Waals surface area contributed by atoms with Crippen molar-refractivity contribution in [3.63, 3.8) is 0 Å². The van der Waals surface area contributed by atoms with Crippen LogP contribution in [0, 0.1) is 0 Å². The molecule has 0 fully saturated rings. The fourth-order valence-corrected chi connectivity index (χ4v) is 7.53. The van der Waals surface area contributed by atoms with Gasteiger partial charge in [0, 0.05) is 0 Å². The number of hydrogen-bond acceptors (Lipinski definition) is 2. The minimum absolute atomic E-state index is 0.0671. The first-order chi connectivity index (χ1) is 13.0. The maximum Gasteiger partial charge on any atom is 0.339 e. The Kier molecular flexibility index (Phi) is 8.22. The second-order valence-corrected chi connectivity index (χ2v) is 12.8. The molecule has 3 nitrogen and oxygen atoms in total. The van der Waals surface area contributed by atoms with E-state index >= 15 is 0 Å². The van der Waals surface area contributed by atoms with Crippen LogP contribution in [0.1, 0.15) is 44.4 Å². The van der Waals surface area contributed by atoms with Crippen molar-refractivity contribution in [2.45, 2.75) is 22.9 Å². The van der Waals surface area contributed by atoms with Crippen molar-refractivity contribution in [2.24, 2.45) is 0 Å². The molecule has 0 saturated carbocycles. The second kappa shape index (κ2) is 10.6. The SMILES string of the molecule is C[CH]([Zn][CH](C)c1ccccc1)c1ccccc1.O=C(O)c1ccccc1O. The van der Waals surface area contributed by atoms with Gasteiger partial charge in [-0.2, -0.15) is 0 Å². The third-order valence-electron chi connectivity index (χ3n) is 4.58. The molecule has 3 rings (SSSR count). The molecule has 2 unspecified atom stereocenters. The smallest absolute Gasteiger partial charge is 0.339 e. The van der Waals surface area contributed by atoms with Gasteiger partial charge in [0.25, 0.3) is 0 Å². The average Bonchev–Trinajstić information content (AvgIpc) is 2.70. The van der Waals surface area contributed by atoms with Crippen LogP contribution in [0.5, 0.6) is 5.75 Å². The van der Waals surface area contributed by atoms with Crippen LogP contribution >= 0.6 is 0 Å². The molecule has 0 saturated heterocycles. The number of phenols is 1. The number of benzene rings is 3. The summed E-state index contributed by atoms with van der Waals surface area (Å²) in [5.74, 6) is -1.31. The van der Waals surface area contributed by atoms with E-state index < -0.39 is 23.1 Å². The van der Waals surface area contributed by atoms with Crippen molar-refractivity contribution < 1.29 is 32.1 Å². The Morgan fingerprint density at radius 3 is 1.52 bits per heavy atom. The van der Waals surface area contributed by atoms with Gasteiger partial charge in [-0.3, -0.25) is 0 Å². The standard InChI is InChI=1S/2C8H9.C7H6O3.Zn/c2*1-2-8-6-4-3-5-7-8;8-6-4-2-1-3-5(6)7(9)10;/h2*2-7H,1H3;1-4,8H,(H,9,10);. The maximum atomic E-state index is 10.3. The summed E-state index contributed by atoms with van der Waals surface area (Å²) in [5, 5.41) is 17.3. The molecular formula is C23H24O3Zn. The predicted molar refractivity (Wildman–Crippen MR) is 105 cm³/mol. The summed E-state index contributed by atoms with van der Waals surface area (Å²) in [6, 6.07) is 27.7. The number of aromatic carboxylic acids is 1. The topological polar surface area (TPSA) is 57.5 Å². The Morgan fingerprint density at radius 2 is 1.15 bits per heavy atom. The van der Waals surface area contributed by atoms with Crippen LogP contribution in [0.25, 0.3) is 0 Å². The van der Waals surface area contributed by atoms with Gasteiger partial charge in [0.05, 0.1) is 0 Å². The molecule has 0 bridgehead atoms. The van der Waals surface area contributed by atoms with Crippen molar-refractivity contribution in [3.05, 3.63) is 102 Å². The third kappa shape index (κ3) is 6.65. The summed E-state index contributed by atoms with van der Waals surface area (Å²) in [5.41, 5.74) is 2.98. The third-order valence-corrected chi connectivity index (χ3v) is 9.52. The van der Waals surface area contributed by atoms with Gasteiger partial charge >= 0.3 is 118 Å². The van der Waals surface area contributed by atoms with Crippen molar-refractivity contribution in [1.82, 2.24) is 0 Å². The van der Waals surface area contributed by atoms with Crippen LogP contribution in [0.4, 0.5) is 0 Å². The van der Waals surface area contributed by atoms with Gasteiger partial charge in [0.2, 0.25) is 0 Å². The Morgan fingerprint density at radius 1 is 0.741 bits per heavy atom. The van der Waals surface area contributed by atoms with E-state index in [0.717, 1.165) is 9.02 Å². The first-order valence-electron chi connectivity index (χ1n) is 9.10. The number of para-hydroxylation sites is 1. The number of rotatable bonds is 5. The molecule has 0 aliphatic rings. The average molecular weight is 414 g/mol. The van der Waals surface area contributed by atoms with E-state index in [1.807, 2.05) is 0 Å². The van der Waals surface area contributed by atoms with Gasteiger partial charge in [0.15, 0.2) is 0 Å². The first-order valence-corrected chi connectivity index (χ1v) is 12.5. The van der Waals surface area contributed by atoms with Crippen molar-refractivity contribution in [1.29, 1.82) is 0 Å². The predicted octanol–water partition coefficient (Wildman–Crippen LogP) is 5.68. The number of carboxylic acid groups (broad SMARTS) is 1. The minimum atomic E-state index is -1.11. The Labute approximate surface area is 168 Å². The zero-order chi connectivity index (χ0) is 19.6. The van der Waals surface area contributed by atoms with Gasteiger partial charge in [-0.15, -0.1) is 0 Å². The van der Waals surface area contributed by atoms with Crippen LogP contribution in [-0.2, 0) is 17.1 Å². The first kappa shape index (κ1) is 20.9. The van der Waals surface area contributed by atoms with Crippen LogP contribution < -0.4 is 0 Å². The summed E-state index contributed by atoms with van der Waals surface area (Å²) >= 11 is -0.605. The summed E-state index contributed by atoms with van der Waals surface area (Å²) in [6.45, 7) is 4.80. The van der Waals surface area contributed by atoms with Gasteiger partial charge < -0.3 is 10.2 Å². The quantitative estimate of drug-likeness (QED) is 0.529. The number of carboxylic acids is 1. The maximum absolute atomic E-state index is 10.3. The fraction of sp³-hybridized carbons (Fsp3) is 0.174. The van der Waals surface area contributed by atoms with Crippen LogP contribution in [0.3, 0.4) is 0 Å². The van der Waals surface area contributed by atoms with E-state index in [9.17, 15) is 4.79 Å². The summed E-state index contributed by atoms with van der Waals surface area (Å²) in [7, 11) is 0. The van der Waals surface area contributed by atoms with Crippen LogP contribution in [-0.4, -0.2) is 16.2 Å². The molecule has 0 amide bonds. The molecule has 3 aromatic carbocycles. The molecule has 0 spiro atoms. The van der Waals surface area contributed by atoms with Gasteiger partial charge in [0.1, 0.15) is 11.3 Å². The van der Waals surface area contributed by atoms with Crippen LogP contribution in [0.15, 0.2) is 84.9 Å². The molecule has 3 aromatic rings. The molecule has 0 heterocycles. The molecular weight excluding hydrogens is 390 g/mol. The molecule has 0 aliphatic heterocycles. The van der Waals surface area contributed by atoms with Crippen molar-refractivity contribution in [3.8, 4) is 5.75 Å². The van der Waals surface area contributed by atoms with Crippen molar-refractivity contribution >= 4 is 5.97 Å².